The summed E-state index contributed by atoms with van der Waals surface area (Å²) in [5, 5.41) is 13.2. The minimum atomic E-state index is -4.17. The first kappa shape index (κ1) is 25.7. The zero-order chi connectivity index (χ0) is 24.8. The smallest absolute Gasteiger partial charge is 0.246 e. The molecule has 2 aromatic carbocycles. The highest BCUT2D eigenvalue weighted by Crippen LogP contribution is 2.28. The molecule has 16 heteroatoms. The van der Waals surface area contributed by atoms with Crippen LogP contribution in [0.25, 0.3) is 0 Å². The van der Waals surface area contributed by atoms with E-state index in [9.17, 15) is 18.5 Å². The number of hydrogen-bond acceptors (Lipinski definition) is 5. The molecule has 1 amide bonds. The van der Waals surface area contributed by atoms with E-state index in [0.717, 1.165) is 4.31 Å². The van der Waals surface area contributed by atoms with Gasteiger partial charge in [-0.15, -0.1) is 0 Å². The van der Waals surface area contributed by atoms with Crippen molar-refractivity contribution in [1.29, 1.82) is 5.26 Å². The summed E-state index contributed by atoms with van der Waals surface area (Å²) in [5.74, 6) is 0.0605. The molecule has 0 atom stereocenters. The number of carbonyl (C=O) groups is 1. The van der Waals surface area contributed by atoms with E-state index in [1.807, 2.05) is 0 Å². The van der Waals surface area contributed by atoms with E-state index in [0.29, 0.717) is 43.1 Å². The van der Waals surface area contributed by atoms with Crippen LogP contribution in [0.1, 0.15) is 5.56 Å². The number of benzene rings is 2. The first-order valence-corrected chi connectivity index (χ1v) is 12.5. The van der Waals surface area contributed by atoms with Crippen LogP contribution >= 0.6 is 23.2 Å². The molecule has 1 aliphatic heterocycles. The maximum Gasteiger partial charge on any atom is 0.246 e. The molecule has 0 saturated carbocycles. The van der Waals surface area contributed by atoms with Gasteiger partial charge in [-0.3, -0.25) is 4.79 Å². The second-order valence-electron chi connectivity index (χ2n) is 8.14. The van der Waals surface area contributed by atoms with Crippen LogP contribution in [-0.4, -0.2) is 85.3 Å². The average Bonchev–Trinajstić information content (AvgIpc) is 2.77. The first-order chi connectivity index (χ1) is 15.3. The van der Waals surface area contributed by atoms with Crippen molar-refractivity contribution in [3.8, 4) is 17.6 Å². The third kappa shape index (κ3) is 4.32. The van der Waals surface area contributed by atoms with Crippen molar-refractivity contribution in [1.82, 2.24) is 9.62 Å². The molecule has 0 aromatic heterocycles. The SMILES string of the molecule is Bc1c(Cl)c(B)c(Oc2c(B)c(B)c(C#N)c(B)c2S(=O)(=O)N2CCNC(=O)C2)c(B)c1Cl. The number of nitriles is 1. The molecule has 2 aromatic rings. The van der Waals surface area contributed by atoms with E-state index >= 15 is 0 Å². The minimum Gasteiger partial charge on any atom is -0.458 e. The van der Waals surface area contributed by atoms with Crippen molar-refractivity contribution in [2.45, 2.75) is 4.90 Å². The lowest BCUT2D eigenvalue weighted by atomic mass is 9.72. The third-order valence-electron chi connectivity index (χ3n) is 6.12. The van der Waals surface area contributed by atoms with Gasteiger partial charge in [0.05, 0.1) is 12.6 Å². The number of sulfonamides is 1. The summed E-state index contributed by atoms with van der Waals surface area (Å²) in [6.45, 7) is 0.00290. The highest BCUT2D eigenvalue weighted by atomic mass is 35.5. The Kier molecular flexibility index (Phi) is 7.30. The summed E-state index contributed by atoms with van der Waals surface area (Å²) in [7, 11) is 6.19. The highest BCUT2D eigenvalue weighted by Gasteiger charge is 2.35. The maximum absolute atomic E-state index is 13.8. The van der Waals surface area contributed by atoms with E-state index < -0.39 is 15.9 Å². The predicted octanol–water partition coefficient (Wildman–Crippen LogP) is -7.67. The maximum atomic E-state index is 13.8. The predicted molar refractivity (Wildman–Crippen MR) is 149 cm³/mol. The molecule has 0 unspecified atom stereocenters. The summed E-state index contributed by atoms with van der Waals surface area (Å²) in [6, 6.07) is 2.11. The summed E-state index contributed by atoms with van der Waals surface area (Å²) in [6.07, 6.45) is 0. The number of nitrogens with zero attached hydrogens (tertiary/aromatic N) is 2. The molecule has 33 heavy (non-hydrogen) atoms. The normalized spacial score (nSPS) is 14.5. The van der Waals surface area contributed by atoms with Crippen LogP contribution in [0.15, 0.2) is 4.90 Å². The number of amides is 1. The van der Waals surface area contributed by atoms with Crippen LogP contribution in [0.2, 0.25) is 10.0 Å². The molecule has 1 N–H and O–H groups in total. The summed E-state index contributed by atoms with van der Waals surface area (Å²) >= 11 is 12.9. The Morgan fingerprint density at radius 2 is 1.48 bits per heavy atom. The number of ether oxygens (including phenoxy) is 1. The van der Waals surface area contributed by atoms with Crippen LogP contribution in [-0.2, 0) is 14.8 Å². The van der Waals surface area contributed by atoms with Gasteiger partial charge >= 0.3 is 0 Å². The van der Waals surface area contributed by atoms with Crippen molar-refractivity contribution in [2.24, 2.45) is 0 Å². The molecule has 3 rings (SSSR count). The molecule has 164 valence electrons. The lowest BCUT2D eigenvalue weighted by Crippen LogP contribution is -2.51. The fourth-order valence-corrected chi connectivity index (χ4v) is 6.24. The Morgan fingerprint density at radius 3 is 2.00 bits per heavy atom. The van der Waals surface area contributed by atoms with Gasteiger partial charge in [-0.25, -0.2) is 8.42 Å². The number of hydrogen-bond donors (Lipinski definition) is 1. The molecule has 1 fully saturated rings. The Morgan fingerprint density at radius 1 is 0.909 bits per heavy atom. The Bertz CT molecular complexity index is 1320. The van der Waals surface area contributed by atoms with E-state index in [4.69, 9.17) is 27.9 Å². The monoisotopic (exact) mass is 497 g/mol. The third-order valence-corrected chi connectivity index (χ3v) is 9.25. The highest BCUT2D eigenvalue weighted by molar-refractivity contribution is 7.89. The lowest BCUT2D eigenvalue weighted by molar-refractivity contribution is -0.122. The molecule has 0 aliphatic carbocycles. The molecule has 1 heterocycles. The van der Waals surface area contributed by atoms with Gasteiger partial charge < -0.3 is 10.1 Å². The number of piperazine rings is 1. The lowest BCUT2D eigenvalue weighted by Gasteiger charge is -2.29. The molecular weight excluding hydrogens is 478 g/mol. The van der Waals surface area contributed by atoms with Crippen LogP contribution in [0, 0.1) is 11.3 Å². The summed E-state index contributed by atoms with van der Waals surface area (Å²) in [5.41, 5.74) is 3.58. The van der Waals surface area contributed by atoms with Gasteiger partial charge in [0.15, 0.2) is 0 Å². The van der Waals surface area contributed by atoms with E-state index in [1.54, 1.807) is 47.1 Å². The fraction of sp³-hybridized carbons (Fsp3) is 0.176. The average molecular weight is 497 g/mol. The number of carbonyl (C=O) groups excluding carboxylic acids is 1. The molecular formula is C17H19B6Cl2N3O4S. The molecule has 1 aliphatic rings. The standard InChI is InChI=1S/C17H19B6Cl2N3O4S/c18-7-5(3-26)8(19)17(33(30,31)28-2-1-27-6(29)4-28)16(9(7)20)32-15-11(22)13(24)10(21)14(25)12(15)23/h1-2,4,18-23H2,(H,27,29). The zero-order valence-electron chi connectivity index (χ0n) is 19.3. The van der Waals surface area contributed by atoms with Gasteiger partial charge in [-0.2, -0.15) is 9.57 Å². The van der Waals surface area contributed by atoms with Gasteiger partial charge in [0.1, 0.15) is 63.5 Å². The minimum absolute atomic E-state index is 0.0946. The Labute approximate surface area is 209 Å². The first-order valence-electron chi connectivity index (χ1n) is 10.3. The van der Waals surface area contributed by atoms with E-state index in [2.05, 4.69) is 11.4 Å². The number of nitrogens with one attached hydrogen (secondary N) is 1. The van der Waals surface area contributed by atoms with Crippen LogP contribution in [0.3, 0.4) is 0 Å². The number of halogens is 2. The Balaban J connectivity index is 2.34. The zero-order valence-corrected chi connectivity index (χ0v) is 21.6. The van der Waals surface area contributed by atoms with Crippen molar-refractivity contribution in [3.05, 3.63) is 15.6 Å². The largest absolute Gasteiger partial charge is 0.458 e. The van der Waals surface area contributed by atoms with Gasteiger partial charge in [-0.05, 0) is 16.4 Å². The van der Waals surface area contributed by atoms with Crippen molar-refractivity contribution < 1.29 is 17.9 Å². The van der Waals surface area contributed by atoms with Crippen LogP contribution in [0.4, 0.5) is 0 Å². The van der Waals surface area contributed by atoms with Crippen molar-refractivity contribution in [3.63, 3.8) is 0 Å². The van der Waals surface area contributed by atoms with Gasteiger partial charge in [0.25, 0.3) is 0 Å². The van der Waals surface area contributed by atoms with Crippen LogP contribution in [0.5, 0.6) is 11.5 Å². The van der Waals surface area contributed by atoms with Gasteiger partial charge in [0.2, 0.25) is 15.9 Å². The number of rotatable bonds is 4. The summed E-state index contributed by atoms with van der Waals surface area (Å²) < 4.78 is 34.9. The van der Waals surface area contributed by atoms with Crippen molar-refractivity contribution >= 4 is 119 Å². The molecule has 1 saturated heterocycles. The topological polar surface area (TPSA) is 99.5 Å². The van der Waals surface area contributed by atoms with Gasteiger partial charge in [0, 0.05) is 28.7 Å². The quantitative estimate of drug-likeness (QED) is 0.424. The second-order valence-corrected chi connectivity index (χ2v) is 10.8. The molecule has 0 radical (unpaired) electrons. The molecule has 7 nitrogen and oxygen atoms in total. The van der Waals surface area contributed by atoms with Gasteiger partial charge in [-0.1, -0.05) is 39.6 Å². The van der Waals surface area contributed by atoms with E-state index in [-0.39, 0.29) is 41.3 Å². The second kappa shape index (κ2) is 9.38. The molecule has 0 spiro atoms. The summed E-state index contributed by atoms with van der Waals surface area (Å²) in [4.78, 5) is 11.8. The van der Waals surface area contributed by atoms with Crippen LogP contribution < -0.4 is 42.8 Å². The Hall–Kier alpha value is -1.92. The van der Waals surface area contributed by atoms with Crippen molar-refractivity contribution in [2.75, 3.05) is 19.6 Å². The molecule has 0 bridgehead atoms. The fourth-order valence-electron chi connectivity index (χ4n) is 4.04. The van der Waals surface area contributed by atoms with E-state index in [1.165, 1.54) is 0 Å².